The van der Waals surface area contributed by atoms with Gasteiger partial charge in [-0.1, -0.05) is 53.8 Å². The normalized spacial score (nSPS) is 14.9. The molecule has 0 fully saturated rings. The van der Waals surface area contributed by atoms with Crippen molar-refractivity contribution in [1.82, 2.24) is 4.57 Å². The molecule has 0 radical (unpaired) electrons. The van der Waals surface area contributed by atoms with Gasteiger partial charge in [-0.3, -0.25) is 9.36 Å². The second kappa shape index (κ2) is 12.3. The van der Waals surface area contributed by atoms with E-state index >= 15 is 0 Å². The van der Waals surface area contributed by atoms with Crippen LogP contribution in [-0.2, 0) is 9.53 Å². The van der Waals surface area contributed by atoms with Gasteiger partial charge < -0.3 is 14.2 Å². The van der Waals surface area contributed by atoms with Gasteiger partial charge in [-0.25, -0.2) is 9.79 Å². The first-order valence-corrected chi connectivity index (χ1v) is 15.3. The molecule has 1 aliphatic heterocycles. The maximum atomic E-state index is 14.1. The Morgan fingerprint density at radius 2 is 1.75 bits per heavy atom. The molecular weight excluding hydrogens is 754 g/mol. The largest absolute Gasteiger partial charge is 0.497 e. The quantitative estimate of drug-likeness (QED) is 0.192. The minimum Gasteiger partial charge on any atom is -0.497 e. The summed E-state index contributed by atoms with van der Waals surface area (Å²) in [5.41, 5.74) is 2.88. The summed E-state index contributed by atoms with van der Waals surface area (Å²) in [6.07, 6.45) is 1.85. The average Bonchev–Trinajstić information content (AvgIpc) is 3.26. The highest BCUT2D eigenvalue weighted by Crippen LogP contribution is 2.36. The summed E-state index contributed by atoms with van der Waals surface area (Å²) in [5, 5.41) is 0. The number of rotatable bonds is 7. The molecule has 0 saturated heterocycles. The lowest BCUT2D eigenvalue weighted by Gasteiger charge is -2.26. The molecule has 10 heteroatoms. The molecule has 204 valence electrons. The molecule has 1 aromatic heterocycles. The lowest BCUT2D eigenvalue weighted by Crippen LogP contribution is -2.40. The van der Waals surface area contributed by atoms with Crippen LogP contribution in [0.25, 0.3) is 11.8 Å². The number of fused-ring (bicyclic) bond motifs is 1. The van der Waals surface area contributed by atoms with Crippen LogP contribution in [0.3, 0.4) is 0 Å². The fraction of sp³-hybridized carbons (Fsp3) is 0.167. The van der Waals surface area contributed by atoms with Gasteiger partial charge in [-0.15, -0.1) is 0 Å². The Labute approximate surface area is 262 Å². The van der Waals surface area contributed by atoms with E-state index in [0.717, 1.165) is 24.0 Å². The molecule has 0 spiro atoms. The molecule has 0 amide bonds. The Bertz CT molecular complexity index is 1790. The van der Waals surface area contributed by atoms with Crippen LogP contribution in [0.1, 0.15) is 29.7 Å². The Hall–Kier alpha value is -2.97. The molecule has 3 aromatic carbocycles. The highest BCUT2D eigenvalue weighted by molar-refractivity contribution is 14.1. The number of thiazole rings is 1. The second-order valence-electron chi connectivity index (χ2n) is 8.73. The predicted octanol–water partition coefficient (Wildman–Crippen LogP) is 5.16. The molecule has 7 nitrogen and oxygen atoms in total. The SMILES string of the molecule is CCOC(=O)C1=C(c2ccccc2)N=c2s/c(=C\c3cc(I)c(OC)c(I)c3)c(=O)n2[C@H]1c1cccc(OC)c1. The first-order valence-electron chi connectivity index (χ1n) is 12.3. The minimum absolute atomic E-state index is 0.189. The third kappa shape index (κ3) is 5.48. The second-order valence-corrected chi connectivity index (χ2v) is 12.1. The van der Waals surface area contributed by atoms with Crippen LogP contribution < -0.4 is 24.4 Å². The highest BCUT2D eigenvalue weighted by Gasteiger charge is 2.35. The van der Waals surface area contributed by atoms with E-state index < -0.39 is 12.0 Å². The number of hydrogen-bond acceptors (Lipinski definition) is 7. The Kier molecular flexibility index (Phi) is 8.76. The van der Waals surface area contributed by atoms with Crippen LogP contribution in [0.15, 0.2) is 82.1 Å². The number of carbonyl (C=O) groups is 1. The van der Waals surface area contributed by atoms with Crippen molar-refractivity contribution in [1.29, 1.82) is 0 Å². The Morgan fingerprint density at radius 3 is 2.40 bits per heavy atom. The van der Waals surface area contributed by atoms with Crippen LogP contribution in [-0.4, -0.2) is 31.4 Å². The highest BCUT2D eigenvalue weighted by atomic mass is 127. The van der Waals surface area contributed by atoms with E-state index in [4.69, 9.17) is 19.2 Å². The molecule has 0 N–H and O–H groups in total. The summed E-state index contributed by atoms with van der Waals surface area (Å²) in [7, 11) is 3.22. The van der Waals surface area contributed by atoms with Crippen molar-refractivity contribution in [2.24, 2.45) is 4.99 Å². The molecular formula is C30H24I2N2O5S. The monoisotopic (exact) mass is 778 g/mol. The number of halogens is 2. The third-order valence-corrected chi connectivity index (χ3v) is 8.89. The summed E-state index contributed by atoms with van der Waals surface area (Å²) in [6.45, 7) is 1.95. The summed E-state index contributed by atoms with van der Waals surface area (Å²) in [6, 6.07) is 20.1. The summed E-state index contributed by atoms with van der Waals surface area (Å²) < 4.78 is 20.5. The summed E-state index contributed by atoms with van der Waals surface area (Å²) >= 11 is 5.74. The van der Waals surface area contributed by atoms with Gasteiger partial charge in [-0.2, -0.15) is 0 Å². The molecule has 5 rings (SSSR count). The first-order chi connectivity index (χ1) is 19.4. The molecule has 1 atom stereocenters. The van der Waals surface area contributed by atoms with E-state index in [1.165, 1.54) is 11.3 Å². The van der Waals surface area contributed by atoms with E-state index in [9.17, 15) is 9.59 Å². The lowest BCUT2D eigenvalue weighted by molar-refractivity contribution is -0.138. The zero-order chi connectivity index (χ0) is 28.4. The van der Waals surface area contributed by atoms with Gasteiger partial charge in [0.15, 0.2) is 4.80 Å². The minimum atomic E-state index is -0.765. The molecule has 0 aliphatic carbocycles. The van der Waals surface area contributed by atoms with Gasteiger partial charge in [0.1, 0.15) is 11.5 Å². The molecule has 0 saturated carbocycles. The maximum Gasteiger partial charge on any atom is 0.338 e. The van der Waals surface area contributed by atoms with Gasteiger partial charge >= 0.3 is 5.97 Å². The smallest absolute Gasteiger partial charge is 0.338 e. The van der Waals surface area contributed by atoms with Crippen molar-refractivity contribution in [3.05, 3.63) is 116 Å². The van der Waals surface area contributed by atoms with Gasteiger partial charge in [0, 0.05) is 5.56 Å². The maximum absolute atomic E-state index is 14.1. The zero-order valence-electron chi connectivity index (χ0n) is 21.8. The Morgan fingerprint density at radius 1 is 1.02 bits per heavy atom. The van der Waals surface area contributed by atoms with Crippen molar-refractivity contribution >= 4 is 74.3 Å². The number of ether oxygens (including phenoxy) is 3. The van der Waals surface area contributed by atoms with Crippen molar-refractivity contribution in [3.8, 4) is 11.5 Å². The fourth-order valence-corrected chi connectivity index (χ4v) is 7.83. The summed E-state index contributed by atoms with van der Waals surface area (Å²) in [5.74, 6) is 0.888. The standard InChI is InChI=1S/C30H24I2N2O5S/c1-4-39-29(36)24-25(18-9-6-5-7-10-18)33-30-34(26(24)19-11-8-12-20(16-19)37-2)28(35)23(40-30)15-17-13-21(31)27(38-3)22(32)14-17/h5-16,26H,4H2,1-3H3/b23-15-/t26-/m0/s1. The van der Waals surface area contributed by atoms with Crippen molar-refractivity contribution in [2.75, 3.05) is 20.8 Å². The predicted molar refractivity (Wildman–Crippen MR) is 172 cm³/mol. The zero-order valence-corrected chi connectivity index (χ0v) is 26.9. The molecule has 1 aliphatic rings. The van der Waals surface area contributed by atoms with E-state index in [2.05, 4.69) is 45.2 Å². The van der Waals surface area contributed by atoms with Crippen LogP contribution in [0.4, 0.5) is 0 Å². The topological polar surface area (TPSA) is 79.1 Å². The number of nitrogens with zero attached hydrogens (tertiary/aromatic N) is 2. The van der Waals surface area contributed by atoms with E-state index in [1.54, 1.807) is 25.7 Å². The van der Waals surface area contributed by atoms with Gasteiger partial charge in [0.2, 0.25) is 0 Å². The van der Waals surface area contributed by atoms with Crippen molar-refractivity contribution in [2.45, 2.75) is 13.0 Å². The van der Waals surface area contributed by atoms with Crippen LogP contribution >= 0.6 is 56.5 Å². The molecule has 0 bridgehead atoms. The van der Waals surface area contributed by atoms with Gasteiger partial charge in [-0.05, 0) is 93.6 Å². The molecule has 4 aromatic rings. The van der Waals surface area contributed by atoms with E-state index in [-0.39, 0.29) is 12.2 Å². The number of aromatic nitrogens is 1. The number of hydrogen-bond donors (Lipinski definition) is 0. The third-order valence-electron chi connectivity index (χ3n) is 6.31. The molecule has 2 heterocycles. The fourth-order valence-electron chi connectivity index (χ4n) is 4.58. The first kappa shape index (κ1) is 28.6. The number of esters is 1. The number of carbonyl (C=O) groups excluding carboxylic acids is 1. The van der Waals surface area contributed by atoms with Crippen LogP contribution in [0, 0.1) is 7.14 Å². The average molecular weight is 778 g/mol. The van der Waals surface area contributed by atoms with Gasteiger partial charge in [0.25, 0.3) is 5.56 Å². The van der Waals surface area contributed by atoms with E-state index in [1.807, 2.05) is 72.8 Å². The number of benzene rings is 3. The lowest BCUT2D eigenvalue weighted by atomic mass is 9.93. The van der Waals surface area contributed by atoms with Crippen molar-refractivity contribution < 1.29 is 19.0 Å². The van der Waals surface area contributed by atoms with Gasteiger partial charge in [0.05, 0.1) is 49.8 Å². The molecule has 0 unspecified atom stereocenters. The number of methoxy groups -OCH3 is 2. The van der Waals surface area contributed by atoms with E-state index in [0.29, 0.717) is 31.9 Å². The van der Waals surface area contributed by atoms with Crippen LogP contribution in [0.5, 0.6) is 11.5 Å². The van der Waals surface area contributed by atoms with Crippen molar-refractivity contribution in [3.63, 3.8) is 0 Å². The summed E-state index contributed by atoms with van der Waals surface area (Å²) in [4.78, 5) is 33.0. The Balaban J connectivity index is 1.82. The van der Waals surface area contributed by atoms with Crippen LogP contribution in [0.2, 0.25) is 0 Å². The molecule has 40 heavy (non-hydrogen) atoms.